The molecule has 0 saturated heterocycles. The summed E-state index contributed by atoms with van der Waals surface area (Å²) in [5.74, 6) is 0. The number of hydrogen-bond donors (Lipinski definition) is 0. The van der Waals surface area contributed by atoms with Gasteiger partial charge in [-0.25, -0.2) is 8.42 Å². The number of benzene rings is 1. The number of nitrogens with zero attached hydrogens (tertiary/aromatic N) is 2. The van der Waals surface area contributed by atoms with Gasteiger partial charge < -0.3 is 0 Å². The van der Waals surface area contributed by atoms with E-state index in [0.29, 0.717) is 4.90 Å². The maximum Gasteiger partial charge on any atom is 0.175 e. The molecule has 2 aromatic heterocycles. The molecule has 100 valence electrons. The molecule has 5 heteroatoms. The maximum atomic E-state index is 11.5. The Kier molecular flexibility index (Phi) is 2.99. The third-order valence-corrected chi connectivity index (χ3v) is 4.25. The van der Waals surface area contributed by atoms with Gasteiger partial charge in [0, 0.05) is 29.6 Å². The molecule has 0 radical (unpaired) electrons. The Morgan fingerprint density at radius 3 is 2.45 bits per heavy atom. The summed E-state index contributed by atoms with van der Waals surface area (Å²) in [6.45, 7) is 0. The molecule has 20 heavy (non-hydrogen) atoms. The first-order valence-electron chi connectivity index (χ1n) is 6.05. The second kappa shape index (κ2) is 4.68. The Balaban J connectivity index is 2.17. The summed E-state index contributed by atoms with van der Waals surface area (Å²) in [4.78, 5) is 8.76. The van der Waals surface area contributed by atoms with Crippen molar-refractivity contribution >= 4 is 20.7 Å². The predicted octanol–water partition coefficient (Wildman–Crippen LogP) is 2.70. The molecule has 0 bridgehead atoms. The number of rotatable bonds is 2. The Labute approximate surface area is 117 Å². The molecule has 0 aliphatic carbocycles. The molecule has 0 fully saturated rings. The normalized spacial score (nSPS) is 11.7. The average molecular weight is 284 g/mol. The highest BCUT2D eigenvalue weighted by atomic mass is 32.2. The molecular formula is C15H12N2O2S. The van der Waals surface area contributed by atoms with Gasteiger partial charge in [0.15, 0.2) is 9.84 Å². The third kappa shape index (κ3) is 2.28. The molecule has 1 aromatic carbocycles. The van der Waals surface area contributed by atoms with Gasteiger partial charge in [-0.2, -0.15) is 0 Å². The minimum atomic E-state index is -3.17. The van der Waals surface area contributed by atoms with Crippen LogP contribution in [0.15, 0.2) is 59.9 Å². The van der Waals surface area contributed by atoms with Crippen molar-refractivity contribution in [2.75, 3.05) is 6.26 Å². The number of sulfone groups is 1. The summed E-state index contributed by atoms with van der Waals surface area (Å²) in [5.41, 5.74) is 2.68. The van der Waals surface area contributed by atoms with E-state index in [4.69, 9.17) is 0 Å². The quantitative estimate of drug-likeness (QED) is 0.726. The smallest absolute Gasteiger partial charge is 0.175 e. The highest BCUT2D eigenvalue weighted by Crippen LogP contribution is 2.27. The summed E-state index contributed by atoms with van der Waals surface area (Å²) in [6, 6.07) is 10.7. The van der Waals surface area contributed by atoms with E-state index in [-0.39, 0.29) is 0 Å². The Bertz CT molecular complexity index is 867. The third-order valence-electron chi connectivity index (χ3n) is 3.12. The lowest BCUT2D eigenvalue weighted by Gasteiger charge is -2.06. The molecule has 4 nitrogen and oxygen atoms in total. The Morgan fingerprint density at radius 1 is 1.00 bits per heavy atom. The van der Waals surface area contributed by atoms with Crippen molar-refractivity contribution in [2.45, 2.75) is 4.90 Å². The number of fused-ring (bicyclic) bond motifs is 1. The van der Waals surface area contributed by atoms with Gasteiger partial charge in [-0.3, -0.25) is 9.97 Å². The lowest BCUT2D eigenvalue weighted by Crippen LogP contribution is -1.96. The van der Waals surface area contributed by atoms with Gasteiger partial charge in [-0.05, 0) is 23.8 Å². The van der Waals surface area contributed by atoms with Crippen LogP contribution >= 0.6 is 0 Å². The molecule has 0 saturated carbocycles. The van der Waals surface area contributed by atoms with Crippen molar-refractivity contribution in [1.29, 1.82) is 0 Å². The van der Waals surface area contributed by atoms with Crippen LogP contribution in [0.3, 0.4) is 0 Å². The second-order valence-electron chi connectivity index (χ2n) is 4.55. The van der Waals surface area contributed by atoms with Gasteiger partial charge in [0.05, 0.1) is 16.6 Å². The largest absolute Gasteiger partial charge is 0.262 e. The molecule has 0 aliphatic heterocycles. The average Bonchev–Trinajstić information content (AvgIpc) is 2.46. The van der Waals surface area contributed by atoms with Crippen molar-refractivity contribution in [2.24, 2.45) is 0 Å². The zero-order valence-corrected chi connectivity index (χ0v) is 11.6. The van der Waals surface area contributed by atoms with E-state index >= 15 is 0 Å². The van der Waals surface area contributed by atoms with Crippen LogP contribution < -0.4 is 0 Å². The molecule has 0 aliphatic rings. The highest BCUT2D eigenvalue weighted by Gasteiger charge is 2.08. The van der Waals surface area contributed by atoms with Crippen molar-refractivity contribution < 1.29 is 8.42 Å². The molecule has 0 amide bonds. The van der Waals surface area contributed by atoms with Crippen LogP contribution in [0.25, 0.3) is 22.0 Å². The monoisotopic (exact) mass is 284 g/mol. The molecule has 3 aromatic rings. The van der Waals surface area contributed by atoms with Crippen molar-refractivity contribution in [3.05, 3.63) is 55.0 Å². The van der Waals surface area contributed by atoms with Gasteiger partial charge in [0.25, 0.3) is 0 Å². The predicted molar refractivity (Wildman–Crippen MR) is 78.1 cm³/mol. The SMILES string of the molecule is CS(=O)(=O)c1ccc(-c2cncc3ncccc23)cc1. The fourth-order valence-electron chi connectivity index (χ4n) is 2.11. The van der Waals surface area contributed by atoms with Gasteiger partial charge in [-0.15, -0.1) is 0 Å². The van der Waals surface area contributed by atoms with E-state index in [9.17, 15) is 8.42 Å². The Hall–Kier alpha value is -2.27. The topological polar surface area (TPSA) is 59.9 Å². The molecule has 3 rings (SSSR count). The molecular weight excluding hydrogens is 272 g/mol. The van der Waals surface area contributed by atoms with Crippen LogP contribution in [0, 0.1) is 0 Å². The van der Waals surface area contributed by atoms with E-state index in [0.717, 1.165) is 22.0 Å². The van der Waals surface area contributed by atoms with Gasteiger partial charge in [0.1, 0.15) is 0 Å². The van der Waals surface area contributed by atoms with Gasteiger partial charge in [0.2, 0.25) is 0 Å². The van der Waals surface area contributed by atoms with Gasteiger partial charge >= 0.3 is 0 Å². The minimum Gasteiger partial charge on any atom is -0.262 e. The van der Waals surface area contributed by atoms with E-state index in [1.807, 2.05) is 12.1 Å². The van der Waals surface area contributed by atoms with E-state index in [1.165, 1.54) is 6.26 Å². The number of pyridine rings is 2. The number of hydrogen-bond acceptors (Lipinski definition) is 4. The van der Waals surface area contributed by atoms with Crippen LogP contribution in [-0.4, -0.2) is 24.6 Å². The second-order valence-corrected chi connectivity index (χ2v) is 6.57. The van der Waals surface area contributed by atoms with Crippen molar-refractivity contribution in [3.8, 4) is 11.1 Å². The minimum absolute atomic E-state index is 0.313. The number of aromatic nitrogens is 2. The standard InChI is InChI=1S/C15H12N2O2S/c1-20(18,19)12-6-4-11(5-7-12)14-9-16-10-15-13(14)3-2-8-17-15/h2-10H,1H3. The Morgan fingerprint density at radius 2 is 1.75 bits per heavy atom. The highest BCUT2D eigenvalue weighted by molar-refractivity contribution is 7.90. The molecule has 2 heterocycles. The summed E-state index contributed by atoms with van der Waals surface area (Å²) < 4.78 is 22.9. The first kappa shape index (κ1) is 12.7. The van der Waals surface area contributed by atoms with Gasteiger partial charge in [-0.1, -0.05) is 18.2 Å². The van der Waals surface area contributed by atoms with E-state index < -0.39 is 9.84 Å². The zero-order valence-electron chi connectivity index (χ0n) is 10.8. The summed E-state index contributed by atoms with van der Waals surface area (Å²) in [7, 11) is -3.17. The van der Waals surface area contributed by atoms with Crippen LogP contribution in [0.2, 0.25) is 0 Å². The fourth-order valence-corrected chi connectivity index (χ4v) is 2.74. The van der Waals surface area contributed by atoms with Crippen LogP contribution in [0.4, 0.5) is 0 Å². The summed E-state index contributed by atoms with van der Waals surface area (Å²) >= 11 is 0. The molecule has 0 unspecified atom stereocenters. The summed E-state index contributed by atoms with van der Waals surface area (Å²) in [5, 5.41) is 0.995. The molecule has 0 atom stereocenters. The van der Waals surface area contributed by atoms with Crippen LogP contribution in [0.5, 0.6) is 0 Å². The van der Waals surface area contributed by atoms with Crippen LogP contribution in [0.1, 0.15) is 0 Å². The van der Waals surface area contributed by atoms with Crippen molar-refractivity contribution in [3.63, 3.8) is 0 Å². The maximum absolute atomic E-state index is 11.5. The first-order valence-corrected chi connectivity index (χ1v) is 7.94. The zero-order chi connectivity index (χ0) is 14.2. The molecule has 0 spiro atoms. The lowest BCUT2D eigenvalue weighted by atomic mass is 10.0. The van der Waals surface area contributed by atoms with Crippen LogP contribution in [-0.2, 0) is 9.84 Å². The summed E-state index contributed by atoms with van der Waals surface area (Å²) in [6.07, 6.45) is 6.40. The van der Waals surface area contributed by atoms with E-state index in [2.05, 4.69) is 9.97 Å². The molecule has 0 N–H and O–H groups in total. The van der Waals surface area contributed by atoms with Crippen molar-refractivity contribution in [1.82, 2.24) is 9.97 Å². The first-order chi connectivity index (χ1) is 9.55. The van der Waals surface area contributed by atoms with E-state index in [1.54, 1.807) is 42.9 Å². The fraction of sp³-hybridized carbons (Fsp3) is 0.0667. The lowest BCUT2D eigenvalue weighted by molar-refractivity contribution is 0.602.